The van der Waals surface area contributed by atoms with Gasteiger partial charge in [-0.05, 0) is 24.3 Å². The summed E-state index contributed by atoms with van der Waals surface area (Å²) in [6.07, 6.45) is 1.78. The molecule has 0 aliphatic heterocycles. The van der Waals surface area contributed by atoms with Crippen molar-refractivity contribution in [2.45, 2.75) is 6.42 Å². The largest absolute Gasteiger partial charge is 0.474 e. The number of nitrogens with one attached hydrogen (secondary N) is 1. The normalized spacial score (nSPS) is 10.7. The van der Waals surface area contributed by atoms with E-state index in [0.29, 0.717) is 34.8 Å². The van der Waals surface area contributed by atoms with Crippen molar-refractivity contribution in [1.82, 2.24) is 9.97 Å². The summed E-state index contributed by atoms with van der Waals surface area (Å²) in [6.45, 7) is 0.799. The molecule has 3 aromatic heterocycles. The molecule has 9 heteroatoms. The highest BCUT2D eigenvalue weighted by Gasteiger charge is 2.13. The molecule has 26 heavy (non-hydrogen) atoms. The molecule has 3 rings (SSSR count). The number of amides is 1. The monoisotopic (exact) mass is 409 g/mol. The Morgan fingerprint density at radius 2 is 2.19 bits per heavy atom. The number of hydrogen-bond donors (Lipinski definition) is 1. The quantitative estimate of drug-likeness (QED) is 0.566. The van der Waals surface area contributed by atoms with Crippen LogP contribution in [-0.4, -0.2) is 36.2 Å². The predicted octanol–water partition coefficient (Wildman–Crippen LogP) is 4.13. The SMILES string of the molecule is COCCOc1ncccc1NC(=O)Cc1csc(-c2ccc(Cl)s2)n1. The highest BCUT2D eigenvalue weighted by Crippen LogP contribution is 2.33. The summed E-state index contributed by atoms with van der Waals surface area (Å²) in [4.78, 5) is 22.0. The van der Waals surface area contributed by atoms with Crippen molar-refractivity contribution in [3.8, 4) is 15.8 Å². The van der Waals surface area contributed by atoms with E-state index in [4.69, 9.17) is 21.1 Å². The number of thiophene rings is 1. The number of nitrogens with zero attached hydrogens (tertiary/aromatic N) is 2. The number of pyridine rings is 1. The lowest BCUT2D eigenvalue weighted by molar-refractivity contribution is -0.115. The van der Waals surface area contributed by atoms with Crippen LogP contribution in [0.1, 0.15) is 5.69 Å². The van der Waals surface area contributed by atoms with Crippen molar-refractivity contribution in [3.05, 3.63) is 45.9 Å². The number of ether oxygens (including phenoxy) is 2. The van der Waals surface area contributed by atoms with E-state index in [-0.39, 0.29) is 12.3 Å². The van der Waals surface area contributed by atoms with Gasteiger partial charge in [-0.15, -0.1) is 22.7 Å². The zero-order chi connectivity index (χ0) is 18.4. The van der Waals surface area contributed by atoms with Gasteiger partial charge in [-0.1, -0.05) is 11.6 Å². The van der Waals surface area contributed by atoms with E-state index < -0.39 is 0 Å². The fraction of sp³-hybridized carbons (Fsp3) is 0.235. The average Bonchev–Trinajstić information content (AvgIpc) is 3.25. The summed E-state index contributed by atoms with van der Waals surface area (Å²) < 4.78 is 11.2. The maximum absolute atomic E-state index is 12.3. The second-order valence-corrected chi connectivity index (χ2v) is 7.74. The van der Waals surface area contributed by atoms with Crippen LogP contribution < -0.4 is 10.1 Å². The molecule has 0 bridgehead atoms. The van der Waals surface area contributed by atoms with Crippen LogP contribution in [0.3, 0.4) is 0 Å². The Labute approximate surface area is 163 Å². The summed E-state index contributed by atoms with van der Waals surface area (Å²) in [5.41, 5.74) is 1.23. The molecule has 3 heterocycles. The Hall–Kier alpha value is -2.00. The lowest BCUT2D eigenvalue weighted by atomic mass is 10.3. The van der Waals surface area contributed by atoms with Crippen molar-refractivity contribution in [2.24, 2.45) is 0 Å². The van der Waals surface area contributed by atoms with Gasteiger partial charge < -0.3 is 14.8 Å². The minimum atomic E-state index is -0.185. The van der Waals surface area contributed by atoms with Crippen LogP contribution in [0, 0.1) is 0 Å². The summed E-state index contributed by atoms with van der Waals surface area (Å²) in [5.74, 6) is 0.181. The lowest BCUT2D eigenvalue weighted by Crippen LogP contribution is -2.16. The molecule has 136 valence electrons. The van der Waals surface area contributed by atoms with Gasteiger partial charge in [-0.3, -0.25) is 4.79 Å². The molecule has 1 N–H and O–H groups in total. The van der Waals surface area contributed by atoms with E-state index in [2.05, 4.69) is 15.3 Å². The minimum absolute atomic E-state index is 0.169. The Morgan fingerprint density at radius 3 is 2.96 bits per heavy atom. The number of thiazole rings is 1. The fourth-order valence-corrected chi connectivity index (χ4v) is 4.05. The molecule has 0 spiro atoms. The van der Waals surface area contributed by atoms with Gasteiger partial charge in [-0.2, -0.15) is 0 Å². The van der Waals surface area contributed by atoms with Gasteiger partial charge in [-0.25, -0.2) is 9.97 Å². The molecule has 0 saturated heterocycles. The predicted molar refractivity (Wildman–Crippen MR) is 104 cm³/mol. The van der Waals surface area contributed by atoms with Crippen LogP contribution >= 0.6 is 34.3 Å². The number of methoxy groups -OCH3 is 1. The van der Waals surface area contributed by atoms with Gasteiger partial charge in [0.15, 0.2) is 0 Å². The fourth-order valence-electron chi connectivity index (χ4n) is 2.11. The second kappa shape index (κ2) is 9.09. The van der Waals surface area contributed by atoms with Crippen molar-refractivity contribution in [1.29, 1.82) is 0 Å². The first-order valence-corrected chi connectivity index (χ1v) is 9.80. The zero-order valence-electron chi connectivity index (χ0n) is 13.9. The summed E-state index contributed by atoms with van der Waals surface area (Å²) >= 11 is 8.91. The van der Waals surface area contributed by atoms with Crippen molar-refractivity contribution < 1.29 is 14.3 Å². The molecule has 0 aromatic carbocycles. The van der Waals surface area contributed by atoms with E-state index in [9.17, 15) is 4.79 Å². The van der Waals surface area contributed by atoms with Gasteiger partial charge in [0.25, 0.3) is 0 Å². The molecular weight excluding hydrogens is 394 g/mol. The summed E-state index contributed by atoms with van der Waals surface area (Å²) in [6, 6.07) is 7.24. The van der Waals surface area contributed by atoms with E-state index in [1.165, 1.54) is 22.7 Å². The first-order valence-electron chi connectivity index (χ1n) is 7.72. The van der Waals surface area contributed by atoms with Gasteiger partial charge in [0, 0.05) is 18.7 Å². The molecule has 0 unspecified atom stereocenters. The number of aromatic nitrogens is 2. The summed E-state index contributed by atoms with van der Waals surface area (Å²) in [5, 5.41) is 5.55. The lowest BCUT2D eigenvalue weighted by Gasteiger charge is -2.10. The molecule has 3 aromatic rings. The van der Waals surface area contributed by atoms with Crippen molar-refractivity contribution >= 4 is 45.9 Å². The Kier molecular flexibility index (Phi) is 6.56. The maximum atomic E-state index is 12.3. The molecule has 6 nitrogen and oxygen atoms in total. The van der Waals surface area contributed by atoms with E-state index in [1.54, 1.807) is 25.4 Å². The van der Waals surface area contributed by atoms with E-state index >= 15 is 0 Å². The average molecular weight is 410 g/mol. The molecule has 1 amide bonds. The van der Waals surface area contributed by atoms with Crippen LogP contribution in [0.5, 0.6) is 5.88 Å². The third-order valence-corrected chi connectivity index (χ3v) is 5.54. The van der Waals surface area contributed by atoms with Crippen LogP contribution in [-0.2, 0) is 16.0 Å². The smallest absolute Gasteiger partial charge is 0.237 e. The molecule has 0 saturated carbocycles. The second-order valence-electron chi connectivity index (χ2n) is 5.17. The van der Waals surface area contributed by atoms with Crippen molar-refractivity contribution in [3.63, 3.8) is 0 Å². The van der Waals surface area contributed by atoms with Gasteiger partial charge in [0.2, 0.25) is 11.8 Å². The highest BCUT2D eigenvalue weighted by molar-refractivity contribution is 7.23. The van der Waals surface area contributed by atoms with Crippen LogP contribution in [0.15, 0.2) is 35.8 Å². The third kappa shape index (κ3) is 5.01. The molecule has 0 aliphatic rings. The molecule has 0 fully saturated rings. The number of hydrogen-bond acceptors (Lipinski definition) is 7. The van der Waals surface area contributed by atoms with E-state index in [0.717, 1.165) is 9.88 Å². The standard InChI is InChI=1S/C17H16ClN3O3S2/c1-23-7-8-24-16-12(3-2-6-19-16)21-15(22)9-11-10-25-17(20-11)13-4-5-14(18)26-13/h2-6,10H,7-9H2,1H3,(H,21,22). The number of carbonyl (C=O) groups is 1. The number of rotatable bonds is 8. The highest BCUT2D eigenvalue weighted by atomic mass is 35.5. The van der Waals surface area contributed by atoms with Gasteiger partial charge in [0.1, 0.15) is 17.3 Å². The number of halogens is 1. The minimum Gasteiger partial charge on any atom is -0.474 e. The molecule has 0 aliphatic carbocycles. The van der Waals surface area contributed by atoms with Crippen LogP contribution in [0.4, 0.5) is 5.69 Å². The number of carbonyl (C=O) groups excluding carboxylic acids is 1. The van der Waals surface area contributed by atoms with Crippen LogP contribution in [0.25, 0.3) is 9.88 Å². The van der Waals surface area contributed by atoms with E-state index in [1.807, 2.05) is 17.5 Å². The molecule has 0 atom stereocenters. The number of anilines is 1. The third-order valence-electron chi connectivity index (χ3n) is 3.25. The Morgan fingerprint density at radius 1 is 1.31 bits per heavy atom. The first-order chi connectivity index (χ1) is 12.7. The Balaban J connectivity index is 1.62. The Bertz CT molecular complexity index is 882. The first kappa shape index (κ1) is 18.8. The van der Waals surface area contributed by atoms with Gasteiger partial charge in [0.05, 0.1) is 27.9 Å². The summed E-state index contributed by atoms with van der Waals surface area (Å²) in [7, 11) is 1.59. The maximum Gasteiger partial charge on any atom is 0.237 e. The topological polar surface area (TPSA) is 73.3 Å². The van der Waals surface area contributed by atoms with Gasteiger partial charge >= 0.3 is 0 Å². The molecular formula is C17H16ClN3O3S2. The van der Waals surface area contributed by atoms with Crippen molar-refractivity contribution in [2.75, 3.05) is 25.6 Å². The zero-order valence-corrected chi connectivity index (χ0v) is 16.3. The van der Waals surface area contributed by atoms with Crippen LogP contribution in [0.2, 0.25) is 4.34 Å². The molecule has 0 radical (unpaired) electrons.